The number of rotatable bonds is 6. The maximum atomic E-state index is 11.8. The van der Waals surface area contributed by atoms with Crippen molar-refractivity contribution < 1.29 is 14.3 Å². The second-order valence-corrected chi connectivity index (χ2v) is 6.46. The van der Waals surface area contributed by atoms with Crippen LogP contribution in [0, 0.1) is 0 Å². The van der Waals surface area contributed by atoms with Crippen LogP contribution in [0.2, 0.25) is 0 Å². The minimum Gasteiger partial charge on any atom is -0.444 e. The summed E-state index contributed by atoms with van der Waals surface area (Å²) in [5.41, 5.74) is 0.359. The summed E-state index contributed by atoms with van der Waals surface area (Å²) in [7, 11) is 5.72. The predicted molar refractivity (Wildman–Crippen MR) is 88.2 cm³/mol. The number of imidazole rings is 1. The van der Waals surface area contributed by atoms with Crippen LogP contribution in [0.15, 0.2) is 6.20 Å². The van der Waals surface area contributed by atoms with Gasteiger partial charge >= 0.3 is 6.09 Å². The zero-order valence-corrected chi connectivity index (χ0v) is 14.8. The first-order chi connectivity index (χ1) is 10.6. The molecule has 0 aliphatic heterocycles. The van der Waals surface area contributed by atoms with Crippen LogP contribution in [0.5, 0.6) is 0 Å². The molecule has 0 saturated carbocycles. The van der Waals surface area contributed by atoms with Crippen LogP contribution in [0.1, 0.15) is 32.9 Å². The number of aromatic nitrogens is 2. The lowest BCUT2D eigenvalue weighted by atomic mass is 10.2. The van der Waals surface area contributed by atoms with Crippen molar-refractivity contribution in [2.45, 2.75) is 39.3 Å². The van der Waals surface area contributed by atoms with Crippen molar-refractivity contribution >= 4 is 17.9 Å². The van der Waals surface area contributed by atoms with Gasteiger partial charge in [-0.15, -0.1) is 0 Å². The third kappa shape index (κ3) is 6.58. The zero-order valence-electron chi connectivity index (χ0n) is 14.8. The Morgan fingerprint density at radius 2 is 1.96 bits per heavy atom. The molecule has 0 spiro atoms. The number of alkyl carbamates (subject to hydrolysis) is 1. The first kappa shape index (κ1) is 18.8. The molecule has 23 heavy (non-hydrogen) atoms. The number of hydrogen-bond donors (Lipinski definition) is 2. The molecule has 0 bridgehead atoms. The van der Waals surface area contributed by atoms with Gasteiger partial charge in [-0.25, -0.2) is 9.78 Å². The van der Waals surface area contributed by atoms with E-state index in [9.17, 15) is 9.59 Å². The number of nitrogens with zero attached hydrogens (tertiary/aromatic N) is 3. The maximum absolute atomic E-state index is 11.8. The molecule has 0 saturated heterocycles. The standard InChI is InChI=1S/C15H27N5O3/c1-15(2,3)23-14(22)16-8-7-12(21)17-9-11-10-18-13(19(4)5)20(11)6/h10H,7-9H2,1-6H3,(H,16,22)(H,17,21). The molecule has 0 radical (unpaired) electrons. The van der Waals surface area contributed by atoms with Crippen LogP contribution in [0.4, 0.5) is 10.7 Å². The maximum Gasteiger partial charge on any atom is 0.407 e. The SMILES string of the molecule is CN(C)c1ncc(CNC(=O)CCNC(=O)OC(C)(C)C)n1C. The molecule has 1 rings (SSSR count). The molecule has 1 aromatic rings. The van der Waals surface area contributed by atoms with Gasteiger partial charge in [-0.05, 0) is 20.8 Å². The second kappa shape index (κ2) is 7.85. The van der Waals surface area contributed by atoms with Gasteiger partial charge in [0.15, 0.2) is 0 Å². The zero-order chi connectivity index (χ0) is 17.6. The van der Waals surface area contributed by atoms with Gasteiger partial charge in [-0.1, -0.05) is 0 Å². The highest BCUT2D eigenvalue weighted by molar-refractivity contribution is 5.77. The Morgan fingerprint density at radius 1 is 1.30 bits per heavy atom. The van der Waals surface area contributed by atoms with E-state index < -0.39 is 11.7 Å². The summed E-state index contributed by atoms with van der Waals surface area (Å²) in [5, 5.41) is 5.36. The lowest BCUT2D eigenvalue weighted by molar-refractivity contribution is -0.121. The number of nitrogens with one attached hydrogen (secondary N) is 2. The highest BCUT2D eigenvalue weighted by Gasteiger charge is 2.16. The fourth-order valence-corrected chi connectivity index (χ4v) is 1.88. The molecule has 2 amide bonds. The third-order valence-electron chi connectivity index (χ3n) is 2.95. The van der Waals surface area contributed by atoms with Crippen molar-refractivity contribution in [2.75, 3.05) is 25.5 Å². The van der Waals surface area contributed by atoms with Crippen LogP contribution in [-0.4, -0.2) is 47.8 Å². The van der Waals surface area contributed by atoms with Crippen LogP contribution < -0.4 is 15.5 Å². The smallest absolute Gasteiger partial charge is 0.407 e. The fraction of sp³-hybridized carbons (Fsp3) is 0.667. The molecule has 0 aliphatic rings. The molecular formula is C15H27N5O3. The number of anilines is 1. The topological polar surface area (TPSA) is 88.5 Å². The average Bonchev–Trinajstić information content (AvgIpc) is 2.75. The van der Waals surface area contributed by atoms with Crippen LogP contribution in [0.25, 0.3) is 0 Å². The molecule has 8 heteroatoms. The minimum atomic E-state index is -0.546. The van der Waals surface area contributed by atoms with Gasteiger partial charge < -0.3 is 24.8 Å². The van der Waals surface area contributed by atoms with Gasteiger partial charge in [0, 0.05) is 34.1 Å². The van der Waals surface area contributed by atoms with Gasteiger partial charge in [0.25, 0.3) is 0 Å². The molecule has 0 atom stereocenters. The van der Waals surface area contributed by atoms with Gasteiger partial charge in [0.05, 0.1) is 18.4 Å². The number of amides is 2. The van der Waals surface area contributed by atoms with Crippen LogP contribution in [0.3, 0.4) is 0 Å². The molecular weight excluding hydrogens is 298 g/mol. The monoisotopic (exact) mass is 325 g/mol. The molecule has 0 aliphatic carbocycles. The Labute approximate surface area is 137 Å². The summed E-state index contributed by atoms with van der Waals surface area (Å²) < 4.78 is 7.01. The number of ether oxygens (including phenoxy) is 1. The number of hydrogen-bond acceptors (Lipinski definition) is 5. The minimum absolute atomic E-state index is 0.145. The molecule has 130 valence electrons. The van der Waals surface area contributed by atoms with E-state index in [1.165, 1.54) is 0 Å². The van der Waals surface area contributed by atoms with Crippen molar-refractivity contribution in [3.8, 4) is 0 Å². The van der Waals surface area contributed by atoms with E-state index in [0.29, 0.717) is 6.54 Å². The Morgan fingerprint density at radius 3 is 2.48 bits per heavy atom. The highest BCUT2D eigenvalue weighted by Crippen LogP contribution is 2.10. The number of carbonyl (C=O) groups excluding carboxylic acids is 2. The normalized spacial score (nSPS) is 11.0. The Kier molecular flexibility index (Phi) is 6.41. The van der Waals surface area contributed by atoms with Crippen molar-refractivity contribution in [3.05, 3.63) is 11.9 Å². The first-order valence-electron chi connectivity index (χ1n) is 7.51. The van der Waals surface area contributed by atoms with E-state index in [0.717, 1.165) is 11.6 Å². The fourth-order valence-electron chi connectivity index (χ4n) is 1.88. The van der Waals surface area contributed by atoms with E-state index >= 15 is 0 Å². The van der Waals surface area contributed by atoms with E-state index in [1.54, 1.807) is 27.0 Å². The van der Waals surface area contributed by atoms with Crippen molar-refractivity contribution in [1.82, 2.24) is 20.2 Å². The summed E-state index contributed by atoms with van der Waals surface area (Å²) in [6.07, 6.45) is 1.40. The van der Waals surface area contributed by atoms with Crippen molar-refractivity contribution in [1.29, 1.82) is 0 Å². The highest BCUT2D eigenvalue weighted by atomic mass is 16.6. The summed E-state index contributed by atoms with van der Waals surface area (Å²) in [6.45, 7) is 5.98. The summed E-state index contributed by atoms with van der Waals surface area (Å²) in [5.74, 6) is 0.675. The Hall–Kier alpha value is -2.25. The van der Waals surface area contributed by atoms with Crippen molar-refractivity contribution in [2.24, 2.45) is 7.05 Å². The average molecular weight is 325 g/mol. The molecule has 1 heterocycles. The second-order valence-electron chi connectivity index (χ2n) is 6.46. The Balaban J connectivity index is 2.31. The first-order valence-corrected chi connectivity index (χ1v) is 7.51. The van der Waals surface area contributed by atoms with Crippen molar-refractivity contribution in [3.63, 3.8) is 0 Å². The number of carbonyl (C=O) groups is 2. The summed E-state index contributed by atoms with van der Waals surface area (Å²) in [4.78, 5) is 29.4. The largest absolute Gasteiger partial charge is 0.444 e. The van der Waals surface area contributed by atoms with Gasteiger partial charge in [0.2, 0.25) is 11.9 Å². The lowest BCUT2D eigenvalue weighted by Gasteiger charge is -2.19. The summed E-state index contributed by atoms with van der Waals surface area (Å²) >= 11 is 0. The van der Waals surface area contributed by atoms with Gasteiger partial charge in [0.1, 0.15) is 5.60 Å². The molecule has 2 N–H and O–H groups in total. The van der Waals surface area contributed by atoms with E-state index in [1.807, 2.05) is 30.6 Å². The predicted octanol–water partition coefficient (Wildman–Crippen LogP) is 1.02. The van der Waals surface area contributed by atoms with Crippen LogP contribution >= 0.6 is 0 Å². The molecule has 1 aromatic heterocycles. The van der Waals surface area contributed by atoms with E-state index in [2.05, 4.69) is 15.6 Å². The van der Waals surface area contributed by atoms with Gasteiger partial charge in [-0.3, -0.25) is 4.79 Å². The summed E-state index contributed by atoms with van der Waals surface area (Å²) in [6, 6.07) is 0. The molecule has 0 aromatic carbocycles. The molecule has 0 fully saturated rings. The van der Waals surface area contributed by atoms with Crippen LogP contribution in [-0.2, 0) is 23.1 Å². The van der Waals surface area contributed by atoms with Gasteiger partial charge in [-0.2, -0.15) is 0 Å². The quantitative estimate of drug-likeness (QED) is 0.815. The van der Waals surface area contributed by atoms with E-state index in [-0.39, 0.29) is 18.9 Å². The third-order valence-corrected chi connectivity index (χ3v) is 2.95. The van der Waals surface area contributed by atoms with E-state index in [4.69, 9.17) is 4.74 Å². The molecule has 8 nitrogen and oxygen atoms in total. The molecule has 0 unspecified atom stereocenters. The lowest BCUT2D eigenvalue weighted by Crippen LogP contribution is -2.35. The Bertz CT molecular complexity index is 546.